The van der Waals surface area contributed by atoms with Crippen molar-refractivity contribution in [2.75, 3.05) is 0 Å². The van der Waals surface area contributed by atoms with Gasteiger partial charge in [-0.3, -0.25) is 4.21 Å². The summed E-state index contributed by atoms with van der Waals surface area (Å²) in [4.78, 5) is 0. The van der Waals surface area contributed by atoms with E-state index in [2.05, 4.69) is 0 Å². The fraction of sp³-hybridized carbons (Fsp3) is 1.00. The Morgan fingerprint density at radius 2 is 1.70 bits per heavy atom. The Hall–Kier alpha value is 0.110. The van der Waals surface area contributed by atoms with E-state index in [0.717, 1.165) is 25.7 Å². The van der Waals surface area contributed by atoms with Gasteiger partial charge in [-0.15, -0.1) is 0 Å². The number of rotatable bonds is 5. The Kier molecular flexibility index (Phi) is 5.93. The molecule has 0 bridgehead atoms. The minimum absolute atomic E-state index is 0.102. The molecule has 0 aliphatic heterocycles. The Labute approximate surface area is 65.3 Å². The summed E-state index contributed by atoms with van der Waals surface area (Å²) in [7, 11) is 0. The Bertz CT molecular complexity index is 97.8. The molecule has 1 unspecified atom stereocenters. The van der Waals surface area contributed by atoms with Crippen LogP contribution in [-0.2, 0) is 11.1 Å². The quantitative estimate of drug-likeness (QED) is 0.580. The second kappa shape index (κ2) is 5.86. The zero-order chi connectivity index (χ0) is 7.98. The zero-order valence-corrected chi connectivity index (χ0v) is 7.45. The van der Waals surface area contributed by atoms with Crippen LogP contribution in [-0.4, -0.2) is 14.0 Å². The van der Waals surface area contributed by atoms with Crippen LogP contribution < -0.4 is 0 Å². The molecule has 0 aromatic carbocycles. The molecule has 1 atom stereocenters. The van der Waals surface area contributed by atoms with Gasteiger partial charge in [0.1, 0.15) is 0 Å². The van der Waals surface area contributed by atoms with Crippen molar-refractivity contribution < 1.29 is 8.76 Å². The predicted octanol–water partition coefficient (Wildman–Crippen LogP) is 1.83. The van der Waals surface area contributed by atoms with E-state index in [1.807, 2.05) is 13.8 Å². The van der Waals surface area contributed by atoms with Gasteiger partial charge in [0.25, 0.3) is 0 Å². The normalized spacial score (nSPS) is 14.0. The Morgan fingerprint density at radius 3 is 1.90 bits per heavy atom. The maximum absolute atomic E-state index is 10.5. The van der Waals surface area contributed by atoms with E-state index in [1.165, 1.54) is 0 Å². The minimum atomic E-state index is -1.85. The van der Waals surface area contributed by atoms with Crippen LogP contribution in [0.4, 0.5) is 0 Å². The van der Waals surface area contributed by atoms with Gasteiger partial charge in [-0.05, 0) is 12.8 Å². The third-order valence-electron chi connectivity index (χ3n) is 1.49. The molecule has 3 heteroatoms. The van der Waals surface area contributed by atoms with Crippen LogP contribution in [0.3, 0.4) is 0 Å². The first-order valence-electron chi connectivity index (χ1n) is 3.80. The van der Waals surface area contributed by atoms with Crippen LogP contribution in [0.15, 0.2) is 0 Å². The molecule has 2 nitrogen and oxygen atoms in total. The van der Waals surface area contributed by atoms with Gasteiger partial charge < -0.3 is 4.55 Å². The summed E-state index contributed by atoms with van der Waals surface area (Å²) in [5.74, 6) is 0. The molecule has 0 rings (SSSR count). The minimum Gasteiger partial charge on any atom is -0.772 e. The third kappa shape index (κ3) is 4.01. The van der Waals surface area contributed by atoms with Gasteiger partial charge in [0.15, 0.2) is 0 Å². The van der Waals surface area contributed by atoms with Gasteiger partial charge in [0, 0.05) is 5.25 Å². The Balaban J connectivity index is 3.61. The topological polar surface area (TPSA) is 40.1 Å². The van der Waals surface area contributed by atoms with E-state index >= 15 is 0 Å². The smallest absolute Gasteiger partial charge is 0.0215 e. The zero-order valence-electron chi connectivity index (χ0n) is 6.63. The third-order valence-corrected chi connectivity index (χ3v) is 2.51. The molecule has 0 amide bonds. The standard InChI is InChI=1S/C7H16O2S/c1-3-5-7(6-4-2)10(8)9/h7H,3-6H2,1-2H3,(H,8,9)/p-1. The van der Waals surface area contributed by atoms with Crippen molar-refractivity contribution in [3.05, 3.63) is 0 Å². The molecule has 0 spiro atoms. The lowest BCUT2D eigenvalue weighted by atomic mass is 10.2. The lowest BCUT2D eigenvalue weighted by Gasteiger charge is -2.17. The monoisotopic (exact) mass is 163 g/mol. The summed E-state index contributed by atoms with van der Waals surface area (Å²) in [6.07, 6.45) is 3.53. The maximum Gasteiger partial charge on any atom is 0.0215 e. The van der Waals surface area contributed by atoms with E-state index in [9.17, 15) is 8.76 Å². The molecule has 62 valence electrons. The highest BCUT2D eigenvalue weighted by Gasteiger charge is 2.05. The van der Waals surface area contributed by atoms with Crippen LogP contribution in [0.5, 0.6) is 0 Å². The average Bonchev–Trinajstić information content (AvgIpc) is 1.87. The summed E-state index contributed by atoms with van der Waals surface area (Å²) in [6.45, 7) is 4.02. The second-order valence-electron chi connectivity index (χ2n) is 2.46. The molecule has 0 heterocycles. The van der Waals surface area contributed by atoms with Gasteiger partial charge in [-0.1, -0.05) is 37.8 Å². The lowest BCUT2D eigenvalue weighted by molar-refractivity contribution is 0.505. The van der Waals surface area contributed by atoms with Gasteiger partial charge in [0.05, 0.1) is 0 Å². The molecule has 0 N–H and O–H groups in total. The van der Waals surface area contributed by atoms with Crippen molar-refractivity contribution >= 4 is 11.1 Å². The summed E-state index contributed by atoms with van der Waals surface area (Å²) in [5, 5.41) is -0.102. The van der Waals surface area contributed by atoms with Crippen LogP contribution >= 0.6 is 0 Å². The van der Waals surface area contributed by atoms with Crippen molar-refractivity contribution in [2.24, 2.45) is 0 Å². The number of hydrogen-bond acceptors (Lipinski definition) is 2. The summed E-state index contributed by atoms with van der Waals surface area (Å²) in [5.41, 5.74) is 0. The highest BCUT2D eigenvalue weighted by Crippen LogP contribution is 2.09. The molecule has 0 aromatic rings. The van der Waals surface area contributed by atoms with Crippen LogP contribution in [0.25, 0.3) is 0 Å². The van der Waals surface area contributed by atoms with Crippen molar-refractivity contribution in [1.82, 2.24) is 0 Å². The lowest BCUT2D eigenvalue weighted by Crippen LogP contribution is -2.13. The van der Waals surface area contributed by atoms with Crippen molar-refractivity contribution in [1.29, 1.82) is 0 Å². The average molecular weight is 163 g/mol. The SMILES string of the molecule is CCCC(CCC)S(=O)[O-]. The van der Waals surface area contributed by atoms with Crippen LogP contribution in [0, 0.1) is 0 Å². The van der Waals surface area contributed by atoms with Gasteiger partial charge >= 0.3 is 0 Å². The molecule has 0 saturated carbocycles. The second-order valence-corrected chi connectivity index (χ2v) is 3.65. The summed E-state index contributed by atoms with van der Waals surface area (Å²) >= 11 is -1.85. The highest BCUT2D eigenvalue weighted by atomic mass is 32.2. The van der Waals surface area contributed by atoms with E-state index in [0.29, 0.717) is 0 Å². The van der Waals surface area contributed by atoms with Crippen LogP contribution in [0.1, 0.15) is 39.5 Å². The molecule has 0 fully saturated rings. The highest BCUT2D eigenvalue weighted by molar-refractivity contribution is 7.79. The maximum atomic E-state index is 10.5. The molecule has 0 saturated heterocycles. The van der Waals surface area contributed by atoms with E-state index in [4.69, 9.17) is 0 Å². The number of hydrogen-bond donors (Lipinski definition) is 0. The predicted molar refractivity (Wildman–Crippen MR) is 42.5 cm³/mol. The molecule has 0 aromatic heterocycles. The van der Waals surface area contributed by atoms with E-state index in [-0.39, 0.29) is 5.25 Å². The van der Waals surface area contributed by atoms with Crippen molar-refractivity contribution in [3.8, 4) is 0 Å². The van der Waals surface area contributed by atoms with Gasteiger partial charge in [0.2, 0.25) is 0 Å². The molecule has 10 heavy (non-hydrogen) atoms. The van der Waals surface area contributed by atoms with Crippen molar-refractivity contribution in [2.45, 2.75) is 44.8 Å². The first kappa shape index (κ1) is 10.1. The van der Waals surface area contributed by atoms with Gasteiger partial charge in [-0.2, -0.15) is 0 Å². The van der Waals surface area contributed by atoms with Crippen molar-refractivity contribution in [3.63, 3.8) is 0 Å². The van der Waals surface area contributed by atoms with Gasteiger partial charge in [-0.25, -0.2) is 0 Å². The summed E-state index contributed by atoms with van der Waals surface area (Å²) < 4.78 is 21.0. The largest absolute Gasteiger partial charge is 0.772 e. The first-order valence-corrected chi connectivity index (χ1v) is 4.94. The molecular weight excluding hydrogens is 148 g/mol. The Morgan fingerprint density at radius 1 is 1.30 bits per heavy atom. The fourth-order valence-corrected chi connectivity index (χ4v) is 1.84. The summed E-state index contributed by atoms with van der Waals surface area (Å²) in [6, 6.07) is 0. The fourth-order valence-electron chi connectivity index (χ4n) is 0.981. The van der Waals surface area contributed by atoms with E-state index in [1.54, 1.807) is 0 Å². The molecule has 0 aliphatic carbocycles. The first-order chi connectivity index (χ1) is 4.72. The molecule has 0 radical (unpaired) electrons. The van der Waals surface area contributed by atoms with E-state index < -0.39 is 11.1 Å². The molecular formula is C7H15O2S-. The van der Waals surface area contributed by atoms with Crippen LogP contribution in [0.2, 0.25) is 0 Å². The molecule has 0 aliphatic rings.